The molecule has 2 aromatic rings. The van der Waals surface area contributed by atoms with Crippen LogP contribution in [-0.4, -0.2) is 45.1 Å². The Balaban J connectivity index is 1.65. The van der Waals surface area contributed by atoms with E-state index >= 15 is 0 Å². The summed E-state index contributed by atoms with van der Waals surface area (Å²) in [5.41, 5.74) is -0.551. The molecule has 9 heteroatoms. The maximum absolute atomic E-state index is 13.3. The van der Waals surface area contributed by atoms with Crippen LogP contribution in [0.25, 0.3) is 0 Å². The largest absolute Gasteiger partial charge is 0.326 e. The molecule has 2 saturated heterocycles. The van der Waals surface area contributed by atoms with E-state index in [0.29, 0.717) is 30.8 Å². The van der Waals surface area contributed by atoms with Gasteiger partial charge in [-0.3, -0.25) is 19.2 Å². The van der Waals surface area contributed by atoms with Crippen LogP contribution in [0.1, 0.15) is 25.3 Å². The molecule has 0 radical (unpaired) electrons. The van der Waals surface area contributed by atoms with Gasteiger partial charge in [-0.15, -0.1) is 0 Å². The number of carbonyl (C=O) groups excluding carboxylic acids is 3. The second-order valence-corrected chi connectivity index (χ2v) is 8.12. The molecule has 4 amide bonds. The van der Waals surface area contributed by atoms with Crippen molar-refractivity contribution in [2.24, 2.45) is 7.05 Å². The maximum atomic E-state index is 13.3. The lowest BCUT2D eigenvalue weighted by Crippen LogP contribution is -2.55. The van der Waals surface area contributed by atoms with Crippen LogP contribution in [0.15, 0.2) is 41.0 Å². The fraction of sp³-hybridized carbons (Fsp3) is 0.368. The minimum Gasteiger partial charge on any atom is -0.319 e. The van der Waals surface area contributed by atoms with Crippen LogP contribution in [0.4, 0.5) is 10.6 Å². The summed E-state index contributed by atoms with van der Waals surface area (Å²) in [5.74, 6) is -0.0332. The number of nitrogens with one attached hydrogen (secondary N) is 1. The van der Waals surface area contributed by atoms with E-state index in [9.17, 15) is 14.4 Å². The third kappa shape index (κ3) is 2.81. The Morgan fingerprint density at radius 3 is 2.71 bits per heavy atom. The summed E-state index contributed by atoms with van der Waals surface area (Å²) in [5, 5.41) is 6.89. The second kappa shape index (κ2) is 6.73. The number of hydrogen-bond acceptors (Lipinski definition) is 4. The van der Waals surface area contributed by atoms with Crippen LogP contribution in [-0.2, 0) is 22.2 Å². The number of urea groups is 1. The SMILES string of the molecule is Cn1nccc1N1CCCC(N2C(=O)NC(C)(c3cccc(Br)c3)C2=O)C1=O. The molecule has 0 saturated carbocycles. The van der Waals surface area contributed by atoms with Crippen LogP contribution in [0.3, 0.4) is 0 Å². The van der Waals surface area contributed by atoms with Crippen LogP contribution in [0.5, 0.6) is 0 Å². The lowest BCUT2D eigenvalue weighted by molar-refractivity contribution is -0.138. The number of halogens is 1. The van der Waals surface area contributed by atoms with Gasteiger partial charge in [-0.2, -0.15) is 5.10 Å². The predicted molar refractivity (Wildman–Crippen MR) is 105 cm³/mol. The first-order valence-corrected chi connectivity index (χ1v) is 9.83. The topological polar surface area (TPSA) is 87.5 Å². The van der Waals surface area contributed by atoms with Crippen molar-refractivity contribution in [1.29, 1.82) is 0 Å². The van der Waals surface area contributed by atoms with E-state index in [2.05, 4.69) is 26.3 Å². The predicted octanol–water partition coefficient (Wildman–Crippen LogP) is 2.15. The fourth-order valence-electron chi connectivity index (χ4n) is 3.89. The van der Waals surface area contributed by atoms with Gasteiger partial charge >= 0.3 is 6.03 Å². The van der Waals surface area contributed by atoms with E-state index in [1.165, 1.54) is 0 Å². The molecule has 28 heavy (non-hydrogen) atoms. The zero-order valence-corrected chi connectivity index (χ0v) is 17.1. The number of carbonyl (C=O) groups is 3. The van der Waals surface area contributed by atoms with Crippen molar-refractivity contribution >= 4 is 39.6 Å². The van der Waals surface area contributed by atoms with Gasteiger partial charge in [0.2, 0.25) is 0 Å². The summed E-state index contributed by atoms with van der Waals surface area (Å²) < 4.78 is 2.42. The van der Waals surface area contributed by atoms with Gasteiger partial charge in [0.05, 0.1) is 6.20 Å². The summed E-state index contributed by atoms with van der Waals surface area (Å²) in [6, 6.07) is 7.62. The van der Waals surface area contributed by atoms with Gasteiger partial charge in [0.15, 0.2) is 0 Å². The molecule has 0 spiro atoms. The van der Waals surface area contributed by atoms with E-state index in [4.69, 9.17) is 0 Å². The number of piperidine rings is 1. The summed E-state index contributed by atoms with van der Waals surface area (Å²) in [4.78, 5) is 41.9. The van der Waals surface area contributed by atoms with Gasteiger partial charge in [0.25, 0.3) is 11.8 Å². The molecular weight excluding hydrogens is 426 g/mol. The Kier molecular flexibility index (Phi) is 4.49. The number of aryl methyl sites for hydroxylation is 1. The Morgan fingerprint density at radius 1 is 1.25 bits per heavy atom. The molecule has 2 aliphatic heterocycles. The highest BCUT2D eigenvalue weighted by Crippen LogP contribution is 2.34. The quantitative estimate of drug-likeness (QED) is 0.733. The minimum atomic E-state index is -1.21. The molecule has 8 nitrogen and oxygen atoms in total. The Hall–Kier alpha value is -2.68. The Morgan fingerprint density at radius 2 is 2.04 bits per heavy atom. The van der Waals surface area contributed by atoms with Crippen molar-refractivity contribution in [2.75, 3.05) is 11.4 Å². The van der Waals surface area contributed by atoms with Gasteiger partial charge in [-0.1, -0.05) is 28.1 Å². The summed E-state index contributed by atoms with van der Waals surface area (Å²) in [7, 11) is 1.75. The smallest absolute Gasteiger partial charge is 0.319 e. The number of rotatable bonds is 3. The van der Waals surface area contributed by atoms with Gasteiger partial charge in [0.1, 0.15) is 17.4 Å². The molecule has 1 N–H and O–H groups in total. The fourth-order valence-corrected chi connectivity index (χ4v) is 4.29. The van der Waals surface area contributed by atoms with Crippen molar-refractivity contribution in [3.63, 3.8) is 0 Å². The number of anilines is 1. The molecule has 0 bridgehead atoms. The molecule has 2 fully saturated rings. The Bertz CT molecular complexity index is 974. The molecule has 0 aliphatic carbocycles. The number of benzene rings is 1. The number of amides is 4. The van der Waals surface area contributed by atoms with Crippen molar-refractivity contribution in [1.82, 2.24) is 20.0 Å². The zero-order chi connectivity index (χ0) is 20.1. The monoisotopic (exact) mass is 445 g/mol. The Labute approximate surface area is 170 Å². The van der Waals surface area contributed by atoms with Crippen molar-refractivity contribution in [2.45, 2.75) is 31.3 Å². The average Bonchev–Trinajstić information content (AvgIpc) is 3.17. The summed E-state index contributed by atoms with van der Waals surface area (Å²) >= 11 is 3.40. The first-order valence-electron chi connectivity index (χ1n) is 9.04. The van der Waals surface area contributed by atoms with E-state index in [0.717, 1.165) is 9.37 Å². The van der Waals surface area contributed by atoms with E-state index in [1.54, 1.807) is 47.9 Å². The van der Waals surface area contributed by atoms with E-state index in [-0.39, 0.29) is 5.91 Å². The molecule has 4 rings (SSSR count). The van der Waals surface area contributed by atoms with Gasteiger partial charge < -0.3 is 5.32 Å². The van der Waals surface area contributed by atoms with Gasteiger partial charge in [-0.05, 0) is 37.5 Å². The molecule has 2 aliphatic rings. The standard InChI is InChI=1S/C19H20BrN5O3/c1-19(12-5-3-6-13(20)11-12)17(27)25(18(28)22-19)14-7-4-10-24(16(14)26)15-8-9-21-23(15)2/h3,5-6,8-9,11,14H,4,7,10H2,1-2H3,(H,22,28). The number of nitrogens with zero attached hydrogens (tertiary/aromatic N) is 4. The lowest BCUT2D eigenvalue weighted by Gasteiger charge is -2.35. The average molecular weight is 446 g/mol. The minimum absolute atomic E-state index is 0.267. The first kappa shape index (κ1) is 18.7. The van der Waals surface area contributed by atoms with Crippen LogP contribution >= 0.6 is 15.9 Å². The third-order valence-electron chi connectivity index (χ3n) is 5.42. The lowest BCUT2D eigenvalue weighted by atomic mass is 9.91. The maximum Gasteiger partial charge on any atom is 0.326 e. The van der Waals surface area contributed by atoms with E-state index < -0.39 is 23.5 Å². The zero-order valence-electron chi connectivity index (χ0n) is 15.6. The highest BCUT2D eigenvalue weighted by Gasteiger charge is 2.53. The van der Waals surface area contributed by atoms with Crippen LogP contribution in [0, 0.1) is 0 Å². The first-order chi connectivity index (χ1) is 13.3. The van der Waals surface area contributed by atoms with Crippen molar-refractivity contribution < 1.29 is 14.4 Å². The molecule has 3 heterocycles. The molecule has 2 atom stereocenters. The number of hydrogen-bond donors (Lipinski definition) is 1. The van der Waals surface area contributed by atoms with Crippen LogP contribution < -0.4 is 10.2 Å². The van der Waals surface area contributed by atoms with Gasteiger partial charge in [-0.25, -0.2) is 9.69 Å². The highest BCUT2D eigenvalue weighted by molar-refractivity contribution is 9.10. The van der Waals surface area contributed by atoms with E-state index in [1.807, 2.05) is 12.1 Å². The molecular formula is C19H20BrN5O3. The van der Waals surface area contributed by atoms with Crippen molar-refractivity contribution in [3.8, 4) is 0 Å². The van der Waals surface area contributed by atoms with Crippen LogP contribution in [0.2, 0.25) is 0 Å². The highest BCUT2D eigenvalue weighted by atomic mass is 79.9. The molecule has 1 aromatic carbocycles. The third-order valence-corrected chi connectivity index (χ3v) is 5.91. The molecule has 146 valence electrons. The summed E-state index contributed by atoms with van der Waals surface area (Å²) in [6.45, 7) is 2.20. The molecule has 1 aromatic heterocycles. The van der Waals surface area contributed by atoms with Crippen molar-refractivity contribution in [3.05, 3.63) is 46.6 Å². The second-order valence-electron chi connectivity index (χ2n) is 7.20. The molecule has 2 unspecified atom stereocenters. The summed E-state index contributed by atoms with van der Waals surface area (Å²) in [6.07, 6.45) is 2.75. The normalized spacial score (nSPS) is 25.4. The van der Waals surface area contributed by atoms with Gasteiger partial charge in [0, 0.05) is 24.1 Å². The number of aromatic nitrogens is 2. The number of imide groups is 1.